The second-order valence-electron chi connectivity index (χ2n) is 5.46. The standard InChI is InChI=1S/C18H12Cl4N2O2S/c19-11-1-3-13(15(21)7-11)17(9-24-6-5-23-10-24)27-18(25)26-12-2-4-14(20)16(22)8-12/h1-8,10,17H,9H2. The second kappa shape index (κ2) is 9.22. The van der Waals surface area contributed by atoms with Crippen LogP contribution in [0.1, 0.15) is 10.8 Å². The summed E-state index contributed by atoms with van der Waals surface area (Å²) in [6.45, 7) is 0.475. The number of aromatic nitrogens is 2. The molecule has 0 bridgehead atoms. The van der Waals surface area contributed by atoms with Crippen LogP contribution in [-0.4, -0.2) is 14.9 Å². The zero-order valence-corrected chi connectivity index (χ0v) is 17.5. The molecular formula is C18H12Cl4N2O2S. The molecule has 2 aromatic carbocycles. The number of imidazole rings is 1. The molecule has 1 aromatic heterocycles. The van der Waals surface area contributed by atoms with Gasteiger partial charge < -0.3 is 9.30 Å². The molecule has 0 fully saturated rings. The Hall–Kier alpha value is -1.37. The van der Waals surface area contributed by atoms with E-state index >= 15 is 0 Å². The van der Waals surface area contributed by atoms with Crippen molar-refractivity contribution in [1.82, 2.24) is 9.55 Å². The molecule has 0 saturated heterocycles. The summed E-state index contributed by atoms with van der Waals surface area (Å²) in [5, 5.41) is 0.887. The molecule has 1 heterocycles. The first-order valence-electron chi connectivity index (χ1n) is 7.66. The van der Waals surface area contributed by atoms with Gasteiger partial charge in [-0.3, -0.25) is 0 Å². The SMILES string of the molecule is O=C(Oc1ccc(Cl)c(Cl)c1)SC(Cn1ccnc1)c1ccc(Cl)cc1Cl. The van der Waals surface area contributed by atoms with Crippen molar-refractivity contribution >= 4 is 63.5 Å². The van der Waals surface area contributed by atoms with Crippen LogP contribution in [0, 0.1) is 0 Å². The zero-order valence-electron chi connectivity index (χ0n) is 13.6. The van der Waals surface area contributed by atoms with Gasteiger partial charge in [-0.15, -0.1) is 0 Å². The fourth-order valence-corrected chi connectivity index (χ4v) is 4.17. The van der Waals surface area contributed by atoms with E-state index in [0.29, 0.717) is 32.4 Å². The van der Waals surface area contributed by atoms with Gasteiger partial charge in [-0.2, -0.15) is 0 Å². The summed E-state index contributed by atoms with van der Waals surface area (Å²) in [6.07, 6.45) is 5.14. The highest BCUT2D eigenvalue weighted by atomic mass is 35.5. The lowest BCUT2D eigenvalue weighted by Crippen LogP contribution is -2.11. The molecule has 0 radical (unpaired) electrons. The predicted molar refractivity (Wildman–Crippen MR) is 112 cm³/mol. The lowest BCUT2D eigenvalue weighted by Gasteiger charge is -2.18. The van der Waals surface area contributed by atoms with Crippen molar-refractivity contribution in [3.05, 3.63) is 80.8 Å². The third kappa shape index (κ3) is 5.56. The summed E-state index contributed by atoms with van der Waals surface area (Å²) in [7, 11) is 0. The Morgan fingerprint density at radius 3 is 2.56 bits per heavy atom. The molecule has 0 saturated carbocycles. The minimum Gasteiger partial charge on any atom is -0.418 e. The van der Waals surface area contributed by atoms with Gasteiger partial charge in [0.25, 0.3) is 0 Å². The van der Waals surface area contributed by atoms with Gasteiger partial charge in [0.2, 0.25) is 0 Å². The van der Waals surface area contributed by atoms with E-state index in [9.17, 15) is 4.79 Å². The van der Waals surface area contributed by atoms with E-state index in [1.807, 2.05) is 10.8 Å². The van der Waals surface area contributed by atoms with E-state index in [4.69, 9.17) is 51.1 Å². The van der Waals surface area contributed by atoms with Crippen LogP contribution < -0.4 is 4.74 Å². The van der Waals surface area contributed by atoms with Crippen LogP contribution in [0.25, 0.3) is 0 Å². The molecule has 9 heteroatoms. The molecule has 0 aliphatic heterocycles. The second-order valence-corrected chi connectivity index (χ2v) is 8.26. The third-order valence-electron chi connectivity index (χ3n) is 3.58. The largest absolute Gasteiger partial charge is 0.418 e. The van der Waals surface area contributed by atoms with Gasteiger partial charge in [0.15, 0.2) is 0 Å². The highest BCUT2D eigenvalue weighted by Gasteiger charge is 2.22. The first-order valence-corrected chi connectivity index (χ1v) is 10.1. The average molecular weight is 462 g/mol. The van der Waals surface area contributed by atoms with E-state index in [0.717, 1.165) is 17.3 Å². The van der Waals surface area contributed by atoms with Crippen molar-refractivity contribution in [1.29, 1.82) is 0 Å². The normalized spacial score (nSPS) is 12.0. The number of benzene rings is 2. The molecule has 0 aliphatic rings. The Morgan fingerprint density at radius 1 is 1.07 bits per heavy atom. The summed E-state index contributed by atoms with van der Waals surface area (Å²) >= 11 is 25.2. The van der Waals surface area contributed by atoms with Crippen LogP contribution in [0.3, 0.4) is 0 Å². The molecule has 3 aromatic rings. The van der Waals surface area contributed by atoms with Crippen molar-refractivity contribution in [2.24, 2.45) is 0 Å². The van der Waals surface area contributed by atoms with Gasteiger partial charge in [-0.1, -0.05) is 52.5 Å². The Balaban J connectivity index is 1.79. The van der Waals surface area contributed by atoms with Gasteiger partial charge >= 0.3 is 5.30 Å². The van der Waals surface area contributed by atoms with Crippen molar-refractivity contribution in [2.45, 2.75) is 11.8 Å². The van der Waals surface area contributed by atoms with Crippen LogP contribution in [-0.2, 0) is 6.54 Å². The minimum atomic E-state index is -0.496. The fourth-order valence-electron chi connectivity index (χ4n) is 2.32. The number of ether oxygens (including phenoxy) is 1. The highest BCUT2D eigenvalue weighted by Crippen LogP contribution is 2.38. The van der Waals surface area contributed by atoms with Crippen LogP contribution in [0.4, 0.5) is 4.79 Å². The highest BCUT2D eigenvalue weighted by molar-refractivity contribution is 8.13. The lowest BCUT2D eigenvalue weighted by molar-refractivity contribution is 0.227. The van der Waals surface area contributed by atoms with E-state index < -0.39 is 5.30 Å². The van der Waals surface area contributed by atoms with Gasteiger partial charge in [0.1, 0.15) is 5.75 Å². The maximum atomic E-state index is 12.5. The molecule has 0 amide bonds. The van der Waals surface area contributed by atoms with E-state index in [1.54, 1.807) is 42.9 Å². The Labute approximate surface area is 180 Å². The molecule has 27 heavy (non-hydrogen) atoms. The first kappa shape index (κ1) is 20.4. The molecule has 4 nitrogen and oxygen atoms in total. The smallest absolute Gasteiger partial charge is 0.373 e. The molecule has 140 valence electrons. The molecule has 0 spiro atoms. The summed E-state index contributed by atoms with van der Waals surface area (Å²) in [5.74, 6) is 0.311. The molecular weight excluding hydrogens is 450 g/mol. The fraction of sp³-hybridized carbons (Fsp3) is 0.111. The minimum absolute atomic E-state index is 0.306. The first-order chi connectivity index (χ1) is 12.9. The topological polar surface area (TPSA) is 44.1 Å². The van der Waals surface area contributed by atoms with Gasteiger partial charge in [0, 0.05) is 35.1 Å². The van der Waals surface area contributed by atoms with Gasteiger partial charge in [0.05, 0.1) is 21.6 Å². The van der Waals surface area contributed by atoms with Crippen molar-refractivity contribution < 1.29 is 9.53 Å². The Bertz CT molecular complexity index is 951. The van der Waals surface area contributed by atoms with Crippen LogP contribution in [0.5, 0.6) is 5.75 Å². The maximum Gasteiger partial charge on any atom is 0.373 e. The van der Waals surface area contributed by atoms with E-state index in [2.05, 4.69) is 4.98 Å². The summed E-state index contributed by atoms with van der Waals surface area (Å²) < 4.78 is 7.23. The maximum absolute atomic E-state index is 12.5. The Morgan fingerprint density at radius 2 is 1.89 bits per heavy atom. The molecule has 1 unspecified atom stereocenters. The number of hydrogen-bond donors (Lipinski definition) is 0. The Kier molecular flexibility index (Phi) is 6.95. The number of carbonyl (C=O) groups is 1. The van der Waals surface area contributed by atoms with Gasteiger partial charge in [-0.25, -0.2) is 9.78 Å². The van der Waals surface area contributed by atoms with Crippen molar-refractivity contribution in [3.63, 3.8) is 0 Å². The van der Waals surface area contributed by atoms with Crippen molar-refractivity contribution in [2.75, 3.05) is 0 Å². The van der Waals surface area contributed by atoms with Crippen LogP contribution in [0.15, 0.2) is 55.1 Å². The lowest BCUT2D eigenvalue weighted by atomic mass is 10.1. The number of thioether (sulfide) groups is 1. The molecule has 3 rings (SSSR count). The number of halogens is 4. The number of rotatable bonds is 5. The molecule has 1 atom stereocenters. The predicted octanol–water partition coefficient (Wildman–Crippen LogP) is 7.17. The average Bonchev–Trinajstić information content (AvgIpc) is 3.11. The van der Waals surface area contributed by atoms with Crippen LogP contribution in [0.2, 0.25) is 20.1 Å². The van der Waals surface area contributed by atoms with Crippen LogP contribution >= 0.6 is 58.2 Å². The monoisotopic (exact) mass is 460 g/mol. The number of carbonyl (C=O) groups excluding carboxylic acids is 1. The van der Waals surface area contributed by atoms with E-state index in [1.165, 1.54) is 6.07 Å². The number of hydrogen-bond acceptors (Lipinski definition) is 4. The number of nitrogens with zero attached hydrogens (tertiary/aromatic N) is 2. The third-order valence-corrected chi connectivity index (χ3v) is 5.84. The summed E-state index contributed by atoms with van der Waals surface area (Å²) in [6, 6.07) is 9.80. The summed E-state index contributed by atoms with van der Waals surface area (Å²) in [5.41, 5.74) is 0.769. The zero-order chi connectivity index (χ0) is 19.4. The van der Waals surface area contributed by atoms with Crippen molar-refractivity contribution in [3.8, 4) is 5.75 Å². The summed E-state index contributed by atoms with van der Waals surface area (Å²) in [4.78, 5) is 16.5. The van der Waals surface area contributed by atoms with Gasteiger partial charge in [-0.05, 0) is 41.6 Å². The quantitative estimate of drug-likeness (QED) is 0.377. The molecule has 0 N–H and O–H groups in total. The van der Waals surface area contributed by atoms with E-state index in [-0.39, 0.29) is 5.25 Å². The molecule has 0 aliphatic carbocycles.